The zero-order chi connectivity index (χ0) is 9.19. The van der Waals surface area contributed by atoms with Crippen molar-refractivity contribution in [2.45, 2.75) is 6.36 Å². The molecule has 0 fully saturated rings. The molecule has 7 heteroatoms. The van der Waals surface area contributed by atoms with Gasteiger partial charge in [-0.15, -0.1) is 13.2 Å². The zero-order valence-electron chi connectivity index (χ0n) is 5.54. The van der Waals surface area contributed by atoms with Crippen LogP contribution in [0.2, 0.25) is 0 Å². The molecule has 1 aromatic heterocycles. The van der Waals surface area contributed by atoms with Crippen molar-refractivity contribution >= 4 is 0 Å². The summed E-state index contributed by atoms with van der Waals surface area (Å²) in [6.45, 7) is 0. The van der Waals surface area contributed by atoms with Crippen LogP contribution in [0.4, 0.5) is 13.2 Å². The molecule has 0 aliphatic carbocycles. The minimum atomic E-state index is -4.86. The molecule has 4 nitrogen and oxygen atoms in total. The number of aromatic hydroxyl groups is 1. The molecule has 0 radical (unpaired) electrons. The second-order valence-electron chi connectivity index (χ2n) is 1.76. The van der Waals surface area contributed by atoms with E-state index in [0.29, 0.717) is 0 Å². The van der Waals surface area contributed by atoms with Gasteiger partial charge in [0, 0.05) is 0 Å². The van der Waals surface area contributed by atoms with E-state index in [2.05, 4.69) is 14.7 Å². The maximum Gasteiger partial charge on any atom is 0.574 e. The number of rotatable bonds is 1. The number of halogens is 3. The summed E-state index contributed by atoms with van der Waals surface area (Å²) in [5.74, 6) is -1.66. The number of nitrogens with zero attached hydrogens (tertiary/aromatic N) is 2. The lowest BCUT2D eigenvalue weighted by atomic mass is 10.6. The van der Waals surface area contributed by atoms with Gasteiger partial charge in [0.25, 0.3) is 5.88 Å². The third-order valence-electron chi connectivity index (χ3n) is 0.870. The van der Waals surface area contributed by atoms with E-state index in [-0.39, 0.29) is 0 Å². The van der Waals surface area contributed by atoms with Gasteiger partial charge in [-0.3, -0.25) is 0 Å². The van der Waals surface area contributed by atoms with Gasteiger partial charge >= 0.3 is 6.36 Å². The Morgan fingerprint density at radius 3 is 2.58 bits per heavy atom. The van der Waals surface area contributed by atoms with Gasteiger partial charge in [-0.05, 0) is 0 Å². The smallest absolute Gasteiger partial charge is 0.502 e. The third-order valence-corrected chi connectivity index (χ3v) is 0.870. The Balaban J connectivity index is 2.83. The lowest BCUT2D eigenvalue weighted by Gasteiger charge is -2.07. The van der Waals surface area contributed by atoms with Crippen LogP contribution in [0.3, 0.4) is 0 Å². The van der Waals surface area contributed by atoms with Crippen LogP contribution in [-0.4, -0.2) is 21.4 Å². The first kappa shape index (κ1) is 8.57. The molecule has 12 heavy (non-hydrogen) atoms. The molecular weight excluding hydrogens is 177 g/mol. The van der Waals surface area contributed by atoms with Gasteiger partial charge in [-0.1, -0.05) is 0 Å². The first-order valence-corrected chi connectivity index (χ1v) is 2.74. The van der Waals surface area contributed by atoms with Crippen LogP contribution in [0.15, 0.2) is 12.5 Å². The monoisotopic (exact) mass is 180 g/mol. The summed E-state index contributed by atoms with van der Waals surface area (Å²) >= 11 is 0. The Hall–Kier alpha value is -1.53. The van der Waals surface area contributed by atoms with Crippen LogP contribution in [0.25, 0.3) is 0 Å². The van der Waals surface area contributed by atoms with E-state index in [1.54, 1.807) is 0 Å². The summed E-state index contributed by atoms with van der Waals surface area (Å²) < 4.78 is 37.9. The van der Waals surface area contributed by atoms with E-state index in [0.717, 1.165) is 12.5 Å². The molecule has 1 heterocycles. The molecule has 0 aromatic carbocycles. The van der Waals surface area contributed by atoms with Crippen LogP contribution in [-0.2, 0) is 0 Å². The fourth-order valence-electron chi connectivity index (χ4n) is 0.499. The number of aromatic nitrogens is 2. The van der Waals surface area contributed by atoms with Crippen molar-refractivity contribution in [3.05, 3.63) is 12.5 Å². The molecule has 0 unspecified atom stereocenters. The quantitative estimate of drug-likeness (QED) is 0.702. The predicted molar refractivity (Wildman–Crippen MR) is 30.4 cm³/mol. The fraction of sp³-hybridized carbons (Fsp3) is 0.200. The van der Waals surface area contributed by atoms with Gasteiger partial charge in [0.05, 0.1) is 6.20 Å². The fourth-order valence-corrected chi connectivity index (χ4v) is 0.499. The van der Waals surface area contributed by atoms with E-state index < -0.39 is 18.0 Å². The molecule has 0 aliphatic rings. The third kappa shape index (κ3) is 2.26. The Bertz CT molecular complexity index is 276. The minimum absolute atomic E-state index is 0.755. The van der Waals surface area contributed by atoms with Gasteiger partial charge in [-0.25, -0.2) is 4.98 Å². The van der Waals surface area contributed by atoms with E-state index in [9.17, 15) is 13.2 Å². The summed E-state index contributed by atoms with van der Waals surface area (Å²) in [6, 6.07) is 0. The van der Waals surface area contributed by atoms with Gasteiger partial charge in [0.15, 0.2) is 5.75 Å². The van der Waals surface area contributed by atoms with Crippen molar-refractivity contribution in [2.75, 3.05) is 0 Å². The maximum atomic E-state index is 11.5. The molecule has 1 N–H and O–H groups in total. The second-order valence-corrected chi connectivity index (χ2v) is 1.76. The Morgan fingerprint density at radius 2 is 2.08 bits per heavy atom. The largest absolute Gasteiger partial charge is 0.574 e. The zero-order valence-corrected chi connectivity index (χ0v) is 5.54. The second kappa shape index (κ2) is 2.84. The lowest BCUT2D eigenvalue weighted by Crippen LogP contribution is -2.17. The number of alkyl halides is 3. The van der Waals surface area contributed by atoms with Crippen LogP contribution in [0, 0.1) is 0 Å². The Kier molecular flexibility index (Phi) is 2.03. The average Bonchev–Trinajstić information content (AvgIpc) is 1.91. The minimum Gasteiger partial charge on any atom is -0.502 e. The standard InChI is InChI=1S/C5H3F3N2O2/c6-5(7,8)12-4-3(11)1-9-2-10-4/h1-2,11H. The molecule has 0 aliphatic heterocycles. The van der Waals surface area contributed by atoms with Crippen molar-refractivity contribution < 1.29 is 23.0 Å². The summed E-state index contributed by atoms with van der Waals surface area (Å²) in [5.41, 5.74) is 0. The summed E-state index contributed by atoms with van der Waals surface area (Å²) in [7, 11) is 0. The maximum absolute atomic E-state index is 11.5. The average molecular weight is 180 g/mol. The first-order chi connectivity index (χ1) is 5.49. The molecule has 0 atom stereocenters. The highest BCUT2D eigenvalue weighted by Gasteiger charge is 2.32. The van der Waals surface area contributed by atoms with E-state index >= 15 is 0 Å². The first-order valence-electron chi connectivity index (χ1n) is 2.74. The summed E-state index contributed by atoms with van der Waals surface area (Å²) in [4.78, 5) is 6.33. The van der Waals surface area contributed by atoms with Gasteiger partial charge in [0.1, 0.15) is 6.33 Å². The normalized spacial score (nSPS) is 11.2. The molecule has 0 saturated heterocycles. The molecule has 0 saturated carbocycles. The number of ether oxygens (including phenoxy) is 1. The number of hydrogen-bond acceptors (Lipinski definition) is 4. The van der Waals surface area contributed by atoms with Gasteiger partial charge in [0.2, 0.25) is 0 Å². The van der Waals surface area contributed by atoms with Crippen LogP contribution in [0.1, 0.15) is 0 Å². The highest BCUT2D eigenvalue weighted by Crippen LogP contribution is 2.26. The van der Waals surface area contributed by atoms with Crippen molar-refractivity contribution in [1.82, 2.24) is 9.97 Å². The summed E-state index contributed by atoms with van der Waals surface area (Å²) in [6.07, 6.45) is -3.22. The van der Waals surface area contributed by atoms with E-state index in [4.69, 9.17) is 5.11 Å². The van der Waals surface area contributed by atoms with Crippen LogP contribution in [0.5, 0.6) is 11.6 Å². The topological polar surface area (TPSA) is 55.2 Å². The van der Waals surface area contributed by atoms with Crippen molar-refractivity contribution in [3.8, 4) is 11.6 Å². The Labute approximate surface area is 64.6 Å². The molecule has 0 amide bonds. The highest BCUT2D eigenvalue weighted by atomic mass is 19.4. The van der Waals surface area contributed by atoms with Crippen LogP contribution < -0.4 is 4.74 Å². The summed E-state index contributed by atoms with van der Waals surface area (Å²) in [5, 5.41) is 8.72. The molecule has 1 rings (SSSR count). The Morgan fingerprint density at radius 1 is 1.42 bits per heavy atom. The molecule has 66 valence electrons. The van der Waals surface area contributed by atoms with E-state index in [1.807, 2.05) is 0 Å². The van der Waals surface area contributed by atoms with E-state index in [1.165, 1.54) is 0 Å². The lowest BCUT2D eigenvalue weighted by molar-refractivity contribution is -0.276. The highest BCUT2D eigenvalue weighted by molar-refractivity contribution is 5.27. The van der Waals surface area contributed by atoms with Crippen molar-refractivity contribution in [2.24, 2.45) is 0 Å². The van der Waals surface area contributed by atoms with Crippen molar-refractivity contribution in [1.29, 1.82) is 0 Å². The van der Waals surface area contributed by atoms with Crippen LogP contribution >= 0.6 is 0 Å². The van der Waals surface area contributed by atoms with Gasteiger partial charge in [-0.2, -0.15) is 4.98 Å². The molecule has 0 bridgehead atoms. The number of hydrogen-bond donors (Lipinski definition) is 1. The predicted octanol–water partition coefficient (Wildman–Crippen LogP) is 1.08. The van der Waals surface area contributed by atoms with Gasteiger partial charge < -0.3 is 9.84 Å². The molecular formula is C5H3F3N2O2. The molecule has 1 aromatic rings. The van der Waals surface area contributed by atoms with Crippen molar-refractivity contribution in [3.63, 3.8) is 0 Å². The molecule has 0 spiro atoms. The SMILES string of the molecule is Oc1cncnc1OC(F)(F)F.